The second-order valence-corrected chi connectivity index (χ2v) is 5.99. The Labute approximate surface area is 156 Å². The molecule has 3 rings (SSSR count). The van der Waals surface area contributed by atoms with Crippen LogP contribution in [0.15, 0.2) is 66.9 Å². The molecule has 0 saturated carbocycles. The lowest BCUT2D eigenvalue weighted by Gasteiger charge is -2.08. The number of carbonyl (C=O) groups excluding carboxylic acids is 1. The summed E-state index contributed by atoms with van der Waals surface area (Å²) in [6.07, 6.45) is 1.61. The van der Waals surface area contributed by atoms with Gasteiger partial charge in [-0.25, -0.2) is 4.98 Å². The summed E-state index contributed by atoms with van der Waals surface area (Å²) in [6, 6.07) is 19.7. The molecule has 0 aliphatic rings. The first-order valence-electron chi connectivity index (χ1n) is 7.90. The molecule has 0 spiro atoms. The standard InChI is InChI=1S/C20H15ClN4O/c21-16-5-1-15(2-6-16)12-23-18-9-10-19(24-13-18)20(26)25-17-7-3-14(11-22)4-8-17/h1-10,13,23H,12H2,(H,25,26). The van der Waals surface area contributed by atoms with Crippen molar-refractivity contribution in [3.05, 3.63) is 88.7 Å². The van der Waals surface area contributed by atoms with E-state index in [9.17, 15) is 4.79 Å². The first-order valence-corrected chi connectivity index (χ1v) is 8.28. The zero-order chi connectivity index (χ0) is 18.4. The molecular weight excluding hydrogens is 348 g/mol. The first-order chi connectivity index (χ1) is 12.6. The highest BCUT2D eigenvalue weighted by Crippen LogP contribution is 2.14. The second-order valence-electron chi connectivity index (χ2n) is 5.56. The van der Waals surface area contributed by atoms with Gasteiger partial charge in [0.1, 0.15) is 5.69 Å². The van der Waals surface area contributed by atoms with Gasteiger partial charge < -0.3 is 10.6 Å². The number of amides is 1. The fourth-order valence-corrected chi connectivity index (χ4v) is 2.39. The van der Waals surface area contributed by atoms with E-state index in [1.807, 2.05) is 30.3 Å². The van der Waals surface area contributed by atoms with Crippen LogP contribution in [0.5, 0.6) is 0 Å². The Kier molecular flexibility index (Phi) is 5.47. The number of hydrogen-bond donors (Lipinski definition) is 2. The van der Waals surface area contributed by atoms with Crippen molar-refractivity contribution >= 4 is 28.9 Å². The maximum atomic E-state index is 12.2. The monoisotopic (exact) mass is 362 g/mol. The average Bonchev–Trinajstić information content (AvgIpc) is 2.68. The molecule has 1 aromatic heterocycles. The van der Waals surface area contributed by atoms with Crippen LogP contribution in [0.25, 0.3) is 0 Å². The highest BCUT2D eigenvalue weighted by Gasteiger charge is 2.07. The lowest BCUT2D eigenvalue weighted by atomic mass is 10.2. The van der Waals surface area contributed by atoms with E-state index in [0.29, 0.717) is 28.5 Å². The van der Waals surface area contributed by atoms with Gasteiger partial charge in [-0.3, -0.25) is 4.79 Å². The normalized spacial score (nSPS) is 10.0. The van der Waals surface area contributed by atoms with Gasteiger partial charge in [-0.2, -0.15) is 5.26 Å². The van der Waals surface area contributed by atoms with Gasteiger partial charge in [0.2, 0.25) is 0 Å². The van der Waals surface area contributed by atoms with Crippen LogP contribution >= 0.6 is 11.6 Å². The topological polar surface area (TPSA) is 77.8 Å². The summed E-state index contributed by atoms with van der Waals surface area (Å²) in [6.45, 7) is 0.635. The van der Waals surface area contributed by atoms with Gasteiger partial charge >= 0.3 is 0 Å². The third kappa shape index (κ3) is 4.59. The zero-order valence-electron chi connectivity index (χ0n) is 13.7. The van der Waals surface area contributed by atoms with Crippen molar-refractivity contribution in [3.63, 3.8) is 0 Å². The molecule has 0 fully saturated rings. The van der Waals surface area contributed by atoms with Crippen LogP contribution < -0.4 is 10.6 Å². The van der Waals surface area contributed by atoms with Crippen molar-refractivity contribution in [1.29, 1.82) is 5.26 Å². The zero-order valence-corrected chi connectivity index (χ0v) is 14.5. The third-order valence-corrected chi connectivity index (χ3v) is 3.93. The van der Waals surface area contributed by atoms with Crippen LogP contribution in [0.2, 0.25) is 5.02 Å². The summed E-state index contributed by atoms with van der Waals surface area (Å²) in [4.78, 5) is 16.4. The number of carbonyl (C=O) groups is 1. The Morgan fingerprint density at radius 2 is 1.69 bits per heavy atom. The van der Waals surface area contributed by atoms with E-state index in [-0.39, 0.29) is 5.91 Å². The van der Waals surface area contributed by atoms with Gasteiger partial charge in [-0.1, -0.05) is 23.7 Å². The number of pyridine rings is 1. The van der Waals surface area contributed by atoms with E-state index in [4.69, 9.17) is 16.9 Å². The van der Waals surface area contributed by atoms with Crippen LogP contribution in [0, 0.1) is 11.3 Å². The number of hydrogen-bond acceptors (Lipinski definition) is 4. The molecule has 3 aromatic rings. The molecule has 0 unspecified atom stereocenters. The summed E-state index contributed by atoms with van der Waals surface area (Å²) < 4.78 is 0. The summed E-state index contributed by atoms with van der Waals surface area (Å²) in [7, 11) is 0. The largest absolute Gasteiger partial charge is 0.380 e. The third-order valence-electron chi connectivity index (χ3n) is 3.68. The number of nitriles is 1. The van der Waals surface area contributed by atoms with Crippen LogP contribution in [-0.4, -0.2) is 10.9 Å². The number of nitrogens with one attached hydrogen (secondary N) is 2. The summed E-state index contributed by atoms with van der Waals surface area (Å²) in [5.41, 5.74) is 3.37. The number of halogens is 1. The SMILES string of the molecule is N#Cc1ccc(NC(=O)c2ccc(NCc3ccc(Cl)cc3)cn2)cc1. The van der Waals surface area contributed by atoms with Gasteiger partial charge in [0.25, 0.3) is 5.91 Å². The molecule has 0 atom stereocenters. The highest BCUT2D eigenvalue weighted by atomic mass is 35.5. The minimum absolute atomic E-state index is 0.307. The number of aromatic nitrogens is 1. The molecule has 128 valence electrons. The van der Waals surface area contributed by atoms with Crippen molar-refractivity contribution < 1.29 is 4.79 Å². The van der Waals surface area contributed by atoms with Crippen molar-refractivity contribution in [2.45, 2.75) is 6.54 Å². The molecule has 0 saturated heterocycles. The number of rotatable bonds is 5. The Balaban J connectivity index is 1.58. The molecular formula is C20H15ClN4O. The van der Waals surface area contributed by atoms with E-state index >= 15 is 0 Å². The number of anilines is 2. The van der Waals surface area contributed by atoms with E-state index in [1.54, 1.807) is 42.6 Å². The first kappa shape index (κ1) is 17.5. The minimum Gasteiger partial charge on any atom is -0.380 e. The molecule has 0 aliphatic heterocycles. The van der Waals surface area contributed by atoms with E-state index in [1.165, 1.54) is 0 Å². The predicted molar refractivity (Wildman–Crippen MR) is 102 cm³/mol. The Morgan fingerprint density at radius 1 is 1.00 bits per heavy atom. The summed E-state index contributed by atoms with van der Waals surface area (Å²) in [5.74, 6) is -0.307. The molecule has 5 nitrogen and oxygen atoms in total. The predicted octanol–water partition coefficient (Wildman–Crippen LogP) is 4.47. The van der Waals surface area contributed by atoms with E-state index in [0.717, 1.165) is 11.3 Å². The van der Waals surface area contributed by atoms with Gasteiger partial charge in [-0.15, -0.1) is 0 Å². The molecule has 1 amide bonds. The molecule has 1 heterocycles. The van der Waals surface area contributed by atoms with Gasteiger partial charge in [0.15, 0.2) is 0 Å². The van der Waals surface area contributed by atoms with Crippen LogP contribution in [0.3, 0.4) is 0 Å². The van der Waals surface area contributed by atoms with Gasteiger partial charge in [0.05, 0.1) is 23.5 Å². The number of benzene rings is 2. The van der Waals surface area contributed by atoms with Crippen molar-refractivity contribution in [3.8, 4) is 6.07 Å². The fourth-order valence-electron chi connectivity index (χ4n) is 2.26. The van der Waals surface area contributed by atoms with Crippen molar-refractivity contribution in [2.24, 2.45) is 0 Å². The van der Waals surface area contributed by atoms with Gasteiger partial charge in [-0.05, 0) is 54.1 Å². The molecule has 2 aromatic carbocycles. The van der Waals surface area contributed by atoms with Crippen LogP contribution in [0.1, 0.15) is 21.6 Å². The maximum Gasteiger partial charge on any atom is 0.274 e. The summed E-state index contributed by atoms with van der Waals surface area (Å²) >= 11 is 5.87. The molecule has 2 N–H and O–H groups in total. The van der Waals surface area contributed by atoms with E-state index in [2.05, 4.69) is 15.6 Å². The Hall–Kier alpha value is -3.36. The Bertz CT molecular complexity index is 930. The fraction of sp³-hybridized carbons (Fsp3) is 0.0500. The van der Waals surface area contributed by atoms with Gasteiger partial charge in [0, 0.05) is 17.3 Å². The molecule has 26 heavy (non-hydrogen) atoms. The van der Waals surface area contributed by atoms with Crippen molar-refractivity contribution in [2.75, 3.05) is 10.6 Å². The molecule has 6 heteroatoms. The van der Waals surface area contributed by atoms with Crippen LogP contribution in [-0.2, 0) is 6.54 Å². The quantitative estimate of drug-likeness (QED) is 0.701. The second kappa shape index (κ2) is 8.15. The lowest BCUT2D eigenvalue weighted by Crippen LogP contribution is -2.13. The summed E-state index contributed by atoms with van der Waals surface area (Å²) in [5, 5.41) is 15.5. The Morgan fingerprint density at radius 3 is 2.31 bits per heavy atom. The van der Waals surface area contributed by atoms with Crippen LogP contribution in [0.4, 0.5) is 11.4 Å². The minimum atomic E-state index is -0.307. The van der Waals surface area contributed by atoms with E-state index < -0.39 is 0 Å². The maximum absolute atomic E-state index is 12.2. The lowest BCUT2D eigenvalue weighted by molar-refractivity contribution is 0.102. The molecule has 0 aliphatic carbocycles. The molecule has 0 radical (unpaired) electrons. The smallest absolute Gasteiger partial charge is 0.274 e. The molecule has 0 bridgehead atoms. The van der Waals surface area contributed by atoms with Crippen molar-refractivity contribution in [1.82, 2.24) is 4.98 Å². The highest BCUT2D eigenvalue weighted by molar-refractivity contribution is 6.30. The number of nitrogens with zero attached hydrogens (tertiary/aromatic N) is 2. The average molecular weight is 363 g/mol.